The first-order chi connectivity index (χ1) is 7.45. The molecule has 0 aliphatic carbocycles. The van der Waals surface area contributed by atoms with Crippen molar-refractivity contribution < 1.29 is 14.3 Å². The second kappa shape index (κ2) is 5.27. The highest BCUT2D eigenvalue weighted by Gasteiger charge is 2.26. The van der Waals surface area contributed by atoms with Crippen LogP contribution in [-0.4, -0.2) is 17.9 Å². The van der Waals surface area contributed by atoms with Crippen LogP contribution in [-0.2, 0) is 0 Å². The van der Waals surface area contributed by atoms with E-state index in [0.29, 0.717) is 12.4 Å². The molecule has 1 aromatic carbocycles. The zero-order valence-corrected chi connectivity index (χ0v) is 9.83. The SMILES string of the molecule is CC(NO)C(C)(C)COc1ccc(F)cc1. The fraction of sp³-hybridized carbons (Fsp3) is 0.500. The van der Waals surface area contributed by atoms with Gasteiger partial charge in [0.2, 0.25) is 0 Å². The van der Waals surface area contributed by atoms with Crippen LogP contribution in [0.4, 0.5) is 4.39 Å². The molecule has 0 radical (unpaired) electrons. The molecule has 0 saturated carbocycles. The van der Waals surface area contributed by atoms with Gasteiger partial charge in [0.05, 0.1) is 6.61 Å². The van der Waals surface area contributed by atoms with Crippen LogP contribution in [0.1, 0.15) is 20.8 Å². The normalized spacial score (nSPS) is 13.6. The first kappa shape index (κ1) is 12.9. The molecule has 0 heterocycles. The van der Waals surface area contributed by atoms with E-state index in [4.69, 9.17) is 9.94 Å². The van der Waals surface area contributed by atoms with E-state index >= 15 is 0 Å². The molecular weight excluding hydrogens is 209 g/mol. The minimum Gasteiger partial charge on any atom is -0.493 e. The molecule has 0 spiro atoms. The first-order valence-corrected chi connectivity index (χ1v) is 5.24. The number of hydrogen-bond donors (Lipinski definition) is 2. The van der Waals surface area contributed by atoms with Crippen LogP contribution in [0.3, 0.4) is 0 Å². The molecule has 1 rings (SSSR count). The molecule has 16 heavy (non-hydrogen) atoms. The van der Waals surface area contributed by atoms with Crippen molar-refractivity contribution in [2.75, 3.05) is 6.61 Å². The van der Waals surface area contributed by atoms with Crippen molar-refractivity contribution in [2.24, 2.45) is 5.41 Å². The molecular formula is C12H18FNO2. The van der Waals surface area contributed by atoms with Gasteiger partial charge in [-0.05, 0) is 31.2 Å². The van der Waals surface area contributed by atoms with E-state index in [-0.39, 0.29) is 17.3 Å². The van der Waals surface area contributed by atoms with E-state index in [1.54, 1.807) is 12.1 Å². The molecule has 2 N–H and O–H groups in total. The number of halogens is 1. The van der Waals surface area contributed by atoms with E-state index in [1.165, 1.54) is 12.1 Å². The second-order valence-corrected chi connectivity index (χ2v) is 4.58. The van der Waals surface area contributed by atoms with Gasteiger partial charge in [-0.3, -0.25) is 0 Å². The van der Waals surface area contributed by atoms with Gasteiger partial charge in [0.15, 0.2) is 0 Å². The number of hydrogen-bond acceptors (Lipinski definition) is 3. The smallest absolute Gasteiger partial charge is 0.123 e. The minimum absolute atomic E-state index is 0.0899. The summed E-state index contributed by atoms with van der Waals surface area (Å²) in [5.41, 5.74) is 1.99. The summed E-state index contributed by atoms with van der Waals surface area (Å²) in [4.78, 5) is 0. The fourth-order valence-electron chi connectivity index (χ4n) is 1.10. The third kappa shape index (κ3) is 3.47. The average Bonchev–Trinajstić information content (AvgIpc) is 2.27. The lowest BCUT2D eigenvalue weighted by Crippen LogP contribution is -2.41. The molecule has 90 valence electrons. The third-order valence-corrected chi connectivity index (χ3v) is 2.79. The Bertz CT molecular complexity index is 324. The van der Waals surface area contributed by atoms with E-state index < -0.39 is 0 Å². The van der Waals surface area contributed by atoms with Gasteiger partial charge in [-0.15, -0.1) is 0 Å². The van der Waals surface area contributed by atoms with Crippen molar-refractivity contribution in [3.05, 3.63) is 30.1 Å². The first-order valence-electron chi connectivity index (χ1n) is 5.24. The molecule has 1 aromatic rings. The van der Waals surface area contributed by atoms with Gasteiger partial charge >= 0.3 is 0 Å². The van der Waals surface area contributed by atoms with Crippen molar-refractivity contribution >= 4 is 0 Å². The monoisotopic (exact) mass is 227 g/mol. The van der Waals surface area contributed by atoms with Crippen molar-refractivity contribution in [3.8, 4) is 5.75 Å². The summed E-state index contributed by atoms with van der Waals surface area (Å²) in [6, 6.07) is 5.80. The Morgan fingerprint density at radius 2 is 1.94 bits per heavy atom. The van der Waals surface area contributed by atoms with Crippen LogP contribution < -0.4 is 10.2 Å². The summed E-state index contributed by atoms with van der Waals surface area (Å²) in [5.74, 6) is 0.344. The maximum atomic E-state index is 12.6. The van der Waals surface area contributed by atoms with Gasteiger partial charge in [0, 0.05) is 11.5 Å². The summed E-state index contributed by atoms with van der Waals surface area (Å²) in [6.45, 7) is 6.26. The Hall–Kier alpha value is -1.13. The summed E-state index contributed by atoms with van der Waals surface area (Å²) < 4.78 is 18.2. The second-order valence-electron chi connectivity index (χ2n) is 4.58. The predicted molar refractivity (Wildman–Crippen MR) is 60.1 cm³/mol. The van der Waals surface area contributed by atoms with Gasteiger partial charge in [0.1, 0.15) is 11.6 Å². The van der Waals surface area contributed by atoms with Crippen molar-refractivity contribution in [1.29, 1.82) is 0 Å². The Morgan fingerprint density at radius 3 is 2.44 bits per heavy atom. The van der Waals surface area contributed by atoms with Crippen LogP contribution >= 0.6 is 0 Å². The van der Waals surface area contributed by atoms with Gasteiger partial charge < -0.3 is 9.94 Å². The highest BCUT2D eigenvalue weighted by Crippen LogP contribution is 2.22. The highest BCUT2D eigenvalue weighted by molar-refractivity contribution is 5.22. The van der Waals surface area contributed by atoms with Crippen LogP contribution in [0.25, 0.3) is 0 Å². The highest BCUT2D eigenvalue weighted by atomic mass is 19.1. The molecule has 0 fully saturated rings. The largest absolute Gasteiger partial charge is 0.493 e. The van der Waals surface area contributed by atoms with Crippen LogP contribution in [0, 0.1) is 11.2 Å². The van der Waals surface area contributed by atoms with E-state index in [2.05, 4.69) is 5.48 Å². The number of nitrogens with one attached hydrogen (secondary N) is 1. The molecule has 1 atom stereocenters. The lowest BCUT2D eigenvalue weighted by molar-refractivity contribution is 0.0462. The summed E-state index contributed by atoms with van der Waals surface area (Å²) in [7, 11) is 0. The lowest BCUT2D eigenvalue weighted by atomic mass is 9.87. The predicted octanol–water partition coefficient (Wildman–Crippen LogP) is 2.60. The van der Waals surface area contributed by atoms with Crippen LogP contribution in [0.2, 0.25) is 0 Å². The summed E-state index contributed by atoms with van der Waals surface area (Å²) in [5, 5.41) is 8.85. The van der Waals surface area contributed by atoms with E-state index in [9.17, 15) is 4.39 Å². The standard InChI is InChI=1S/C12H18FNO2/c1-9(14-15)12(2,3)8-16-11-6-4-10(13)5-7-11/h4-7,9,14-15H,8H2,1-3H3. The quantitative estimate of drug-likeness (QED) is 0.760. The van der Waals surface area contributed by atoms with E-state index in [1.807, 2.05) is 20.8 Å². The maximum absolute atomic E-state index is 12.6. The summed E-state index contributed by atoms with van der Waals surface area (Å²) in [6.07, 6.45) is 0. The fourth-order valence-corrected chi connectivity index (χ4v) is 1.10. The van der Waals surface area contributed by atoms with Gasteiger partial charge in [-0.1, -0.05) is 13.8 Å². The van der Waals surface area contributed by atoms with Crippen LogP contribution in [0.15, 0.2) is 24.3 Å². The Labute approximate surface area is 95.2 Å². The van der Waals surface area contributed by atoms with Crippen molar-refractivity contribution in [3.63, 3.8) is 0 Å². The molecule has 0 aliphatic rings. The molecule has 0 aromatic heterocycles. The maximum Gasteiger partial charge on any atom is 0.123 e. The lowest BCUT2D eigenvalue weighted by Gasteiger charge is -2.30. The van der Waals surface area contributed by atoms with Crippen LogP contribution in [0.5, 0.6) is 5.75 Å². The van der Waals surface area contributed by atoms with Crippen molar-refractivity contribution in [1.82, 2.24) is 5.48 Å². The third-order valence-electron chi connectivity index (χ3n) is 2.79. The molecule has 3 nitrogen and oxygen atoms in total. The number of benzene rings is 1. The number of hydroxylamine groups is 1. The topological polar surface area (TPSA) is 41.5 Å². The van der Waals surface area contributed by atoms with Crippen molar-refractivity contribution in [2.45, 2.75) is 26.8 Å². The Kier molecular flexibility index (Phi) is 4.26. The number of ether oxygens (including phenoxy) is 1. The summed E-state index contributed by atoms with van der Waals surface area (Å²) >= 11 is 0. The molecule has 0 bridgehead atoms. The Balaban J connectivity index is 2.54. The zero-order valence-electron chi connectivity index (χ0n) is 9.83. The van der Waals surface area contributed by atoms with Gasteiger partial charge in [-0.25, -0.2) is 9.87 Å². The minimum atomic E-state index is -0.281. The molecule has 0 amide bonds. The average molecular weight is 227 g/mol. The molecule has 0 saturated heterocycles. The Morgan fingerprint density at radius 1 is 1.38 bits per heavy atom. The van der Waals surface area contributed by atoms with Gasteiger partial charge in [-0.2, -0.15) is 0 Å². The molecule has 4 heteroatoms. The van der Waals surface area contributed by atoms with E-state index in [0.717, 1.165) is 0 Å². The number of rotatable bonds is 5. The molecule has 0 aliphatic heterocycles. The molecule has 1 unspecified atom stereocenters. The van der Waals surface area contributed by atoms with Gasteiger partial charge in [0.25, 0.3) is 0 Å². The zero-order chi connectivity index (χ0) is 12.2.